The highest BCUT2D eigenvalue weighted by molar-refractivity contribution is 6.04. The van der Waals surface area contributed by atoms with E-state index in [1.54, 1.807) is 6.07 Å². The Kier molecular flexibility index (Phi) is 4.09. The smallest absolute Gasteiger partial charge is 0.387 e. The molecule has 1 aromatic carbocycles. The molecule has 2 N–H and O–H groups in total. The highest BCUT2D eigenvalue weighted by Gasteiger charge is 2.12. The van der Waals surface area contributed by atoms with Crippen LogP contribution in [0, 0.1) is 0 Å². The third kappa shape index (κ3) is 3.41. The molecule has 0 aliphatic carbocycles. The van der Waals surface area contributed by atoms with Gasteiger partial charge in [-0.15, -0.1) is 0 Å². The standard InChI is InChI=1S/C13H10F2N2O3/c14-13(15)20-10-4-2-1-3-9(10)17-12(19)8-5-6-16-11(18)7-8/h1-7,13H,(H,16,18)(H,17,19). The number of carbonyl (C=O) groups is 1. The van der Waals surface area contributed by atoms with Crippen molar-refractivity contribution in [2.24, 2.45) is 0 Å². The van der Waals surface area contributed by atoms with Crippen LogP contribution in [0.3, 0.4) is 0 Å². The summed E-state index contributed by atoms with van der Waals surface area (Å²) in [4.78, 5) is 25.4. The van der Waals surface area contributed by atoms with Crippen molar-refractivity contribution >= 4 is 11.6 Å². The summed E-state index contributed by atoms with van der Waals surface area (Å²) in [5.41, 5.74) is -0.228. The number of ether oxygens (including phenoxy) is 1. The SMILES string of the molecule is O=C(Nc1ccccc1OC(F)F)c1cc[nH]c(=O)c1. The number of aromatic nitrogens is 1. The number of alkyl halides is 2. The minimum absolute atomic E-state index is 0.0954. The third-order valence-electron chi connectivity index (χ3n) is 2.39. The summed E-state index contributed by atoms with van der Waals surface area (Å²) < 4.78 is 28.8. The van der Waals surface area contributed by atoms with E-state index in [4.69, 9.17) is 0 Å². The van der Waals surface area contributed by atoms with Crippen LogP contribution < -0.4 is 15.6 Å². The summed E-state index contributed by atoms with van der Waals surface area (Å²) in [5.74, 6) is -0.748. The summed E-state index contributed by atoms with van der Waals surface area (Å²) in [5, 5.41) is 2.41. The van der Waals surface area contributed by atoms with Crippen LogP contribution in [0.2, 0.25) is 0 Å². The lowest BCUT2D eigenvalue weighted by Gasteiger charge is -2.11. The maximum absolute atomic E-state index is 12.2. The fraction of sp³-hybridized carbons (Fsp3) is 0.0769. The van der Waals surface area contributed by atoms with E-state index in [0.29, 0.717) is 0 Å². The van der Waals surface area contributed by atoms with Crippen LogP contribution in [-0.4, -0.2) is 17.5 Å². The van der Waals surface area contributed by atoms with Crippen molar-refractivity contribution in [3.8, 4) is 5.75 Å². The lowest BCUT2D eigenvalue weighted by atomic mass is 10.2. The Hall–Kier alpha value is -2.70. The number of carbonyl (C=O) groups excluding carboxylic acids is 1. The second kappa shape index (κ2) is 5.96. The van der Waals surface area contributed by atoms with Gasteiger partial charge in [-0.25, -0.2) is 0 Å². The Bertz CT molecular complexity index is 670. The Morgan fingerprint density at radius 2 is 2.00 bits per heavy atom. The molecule has 0 unspecified atom stereocenters. The zero-order valence-electron chi connectivity index (χ0n) is 10.1. The summed E-state index contributed by atoms with van der Waals surface area (Å²) in [6, 6.07) is 8.29. The lowest BCUT2D eigenvalue weighted by Crippen LogP contribution is -2.16. The van der Waals surface area contributed by atoms with Gasteiger partial charge >= 0.3 is 6.61 Å². The van der Waals surface area contributed by atoms with E-state index in [2.05, 4.69) is 15.0 Å². The normalized spacial score (nSPS) is 10.3. The van der Waals surface area contributed by atoms with Gasteiger partial charge in [0, 0.05) is 17.8 Å². The van der Waals surface area contributed by atoms with Crippen molar-refractivity contribution in [3.05, 3.63) is 58.5 Å². The van der Waals surface area contributed by atoms with Crippen molar-refractivity contribution in [3.63, 3.8) is 0 Å². The molecule has 0 fully saturated rings. The molecule has 0 aliphatic heterocycles. The van der Waals surface area contributed by atoms with Crippen molar-refractivity contribution in [1.82, 2.24) is 4.98 Å². The van der Waals surface area contributed by atoms with Crippen LogP contribution >= 0.6 is 0 Å². The molecule has 0 bridgehead atoms. The summed E-state index contributed by atoms with van der Waals surface area (Å²) in [7, 11) is 0. The first kappa shape index (κ1) is 13.7. The van der Waals surface area contributed by atoms with Gasteiger partial charge in [0.05, 0.1) is 5.69 Å². The Morgan fingerprint density at radius 1 is 1.25 bits per heavy atom. The molecule has 1 amide bonds. The van der Waals surface area contributed by atoms with Gasteiger partial charge in [0.1, 0.15) is 5.75 Å². The minimum atomic E-state index is -2.99. The van der Waals surface area contributed by atoms with E-state index >= 15 is 0 Å². The topological polar surface area (TPSA) is 71.2 Å². The summed E-state index contributed by atoms with van der Waals surface area (Å²) in [6.45, 7) is -2.99. The van der Waals surface area contributed by atoms with Crippen molar-refractivity contribution in [1.29, 1.82) is 0 Å². The molecule has 0 atom stereocenters. The molecular weight excluding hydrogens is 270 g/mol. The van der Waals surface area contributed by atoms with Crippen molar-refractivity contribution in [2.45, 2.75) is 6.61 Å². The number of halogens is 2. The molecular formula is C13H10F2N2O3. The zero-order chi connectivity index (χ0) is 14.5. The summed E-state index contributed by atoms with van der Waals surface area (Å²) in [6.07, 6.45) is 1.32. The van der Waals surface area contributed by atoms with Gasteiger partial charge in [-0.1, -0.05) is 12.1 Å². The fourth-order valence-electron chi connectivity index (χ4n) is 1.55. The molecule has 20 heavy (non-hydrogen) atoms. The summed E-state index contributed by atoms with van der Waals surface area (Å²) >= 11 is 0. The number of aromatic amines is 1. The van der Waals surface area contributed by atoms with Crippen LogP contribution in [0.1, 0.15) is 10.4 Å². The van der Waals surface area contributed by atoms with Crippen LogP contribution in [0.15, 0.2) is 47.4 Å². The first-order valence-corrected chi connectivity index (χ1v) is 5.60. The van der Waals surface area contributed by atoms with Gasteiger partial charge in [0.25, 0.3) is 5.91 Å². The average molecular weight is 280 g/mol. The lowest BCUT2D eigenvalue weighted by molar-refractivity contribution is -0.0493. The molecule has 5 nitrogen and oxygen atoms in total. The third-order valence-corrected chi connectivity index (χ3v) is 2.39. The van der Waals surface area contributed by atoms with Gasteiger partial charge in [-0.2, -0.15) is 8.78 Å². The van der Waals surface area contributed by atoms with Crippen LogP contribution in [-0.2, 0) is 0 Å². The van der Waals surface area contributed by atoms with E-state index in [1.807, 2.05) is 0 Å². The number of pyridine rings is 1. The molecule has 0 saturated carbocycles. The Morgan fingerprint density at radius 3 is 2.70 bits per heavy atom. The maximum atomic E-state index is 12.2. The van der Waals surface area contributed by atoms with Crippen LogP contribution in [0.5, 0.6) is 5.75 Å². The number of hydrogen-bond donors (Lipinski definition) is 2. The molecule has 2 aromatic rings. The molecule has 104 valence electrons. The minimum Gasteiger partial charge on any atom is -0.433 e. The Balaban J connectivity index is 2.22. The number of H-pyrrole nitrogens is 1. The zero-order valence-corrected chi connectivity index (χ0v) is 10.1. The first-order chi connectivity index (χ1) is 9.56. The van der Waals surface area contributed by atoms with E-state index in [0.717, 1.165) is 6.07 Å². The van der Waals surface area contributed by atoms with E-state index in [9.17, 15) is 18.4 Å². The molecule has 2 rings (SSSR count). The predicted octanol–water partition coefficient (Wildman–Crippen LogP) is 2.23. The highest BCUT2D eigenvalue weighted by Crippen LogP contribution is 2.25. The Labute approximate surface area is 112 Å². The largest absolute Gasteiger partial charge is 0.433 e. The molecule has 7 heteroatoms. The molecule has 0 saturated heterocycles. The van der Waals surface area contributed by atoms with Crippen LogP contribution in [0.4, 0.5) is 14.5 Å². The number of rotatable bonds is 4. The predicted molar refractivity (Wildman–Crippen MR) is 68.1 cm³/mol. The van der Waals surface area contributed by atoms with Gasteiger partial charge in [-0.3, -0.25) is 9.59 Å². The van der Waals surface area contributed by atoms with E-state index in [-0.39, 0.29) is 17.0 Å². The van der Waals surface area contributed by atoms with Gasteiger partial charge < -0.3 is 15.0 Å². The first-order valence-electron chi connectivity index (χ1n) is 5.60. The molecule has 0 radical (unpaired) electrons. The van der Waals surface area contributed by atoms with Crippen LogP contribution in [0.25, 0.3) is 0 Å². The number of para-hydroxylation sites is 2. The molecule has 0 aliphatic rings. The number of hydrogen-bond acceptors (Lipinski definition) is 3. The van der Waals surface area contributed by atoms with Gasteiger partial charge in [0.15, 0.2) is 0 Å². The monoisotopic (exact) mass is 280 g/mol. The van der Waals surface area contributed by atoms with E-state index in [1.165, 1.54) is 30.5 Å². The quantitative estimate of drug-likeness (QED) is 0.902. The maximum Gasteiger partial charge on any atom is 0.387 e. The number of amides is 1. The second-order valence-electron chi connectivity index (χ2n) is 3.77. The van der Waals surface area contributed by atoms with Gasteiger partial charge in [0.2, 0.25) is 5.56 Å². The van der Waals surface area contributed by atoms with Gasteiger partial charge in [-0.05, 0) is 18.2 Å². The average Bonchev–Trinajstić information content (AvgIpc) is 2.40. The highest BCUT2D eigenvalue weighted by atomic mass is 19.3. The second-order valence-corrected chi connectivity index (χ2v) is 3.77. The number of benzene rings is 1. The fourth-order valence-corrected chi connectivity index (χ4v) is 1.55. The van der Waals surface area contributed by atoms with Crippen molar-refractivity contribution in [2.75, 3.05) is 5.32 Å². The van der Waals surface area contributed by atoms with E-state index < -0.39 is 18.1 Å². The van der Waals surface area contributed by atoms with Crippen molar-refractivity contribution < 1.29 is 18.3 Å². The number of anilines is 1. The molecule has 1 aromatic heterocycles. The molecule has 1 heterocycles. The molecule has 0 spiro atoms. The number of nitrogens with one attached hydrogen (secondary N) is 2.